The zero-order chi connectivity index (χ0) is 15.2. The van der Waals surface area contributed by atoms with Gasteiger partial charge in [-0.15, -0.1) is 11.3 Å². The zero-order valence-electron chi connectivity index (χ0n) is 12.2. The number of hydrogen-bond acceptors (Lipinski definition) is 7. The lowest BCUT2D eigenvalue weighted by Crippen LogP contribution is -2.12. The first-order valence-electron chi connectivity index (χ1n) is 6.76. The van der Waals surface area contributed by atoms with E-state index < -0.39 is 0 Å². The van der Waals surface area contributed by atoms with E-state index in [-0.39, 0.29) is 6.04 Å². The highest BCUT2D eigenvalue weighted by Crippen LogP contribution is 2.28. The van der Waals surface area contributed by atoms with Crippen LogP contribution in [0.2, 0.25) is 4.34 Å². The van der Waals surface area contributed by atoms with Gasteiger partial charge < -0.3 is 15.4 Å². The van der Waals surface area contributed by atoms with Gasteiger partial charge in [-0.25, -0.2) is 0 Å². The average molecular weight is 328 g/mol. The molecule has 1 unspecified atom stereocenters. The van der Waals surface area contributed by atoms with Crippen molar-refractivity contribution in [3.05, 3.63) is 21.3 Å². The molecule has 0 saturated carbocycles. The lowest BCUT2D eigenvalue weighted by molar-refractivity contribution is 0.312. The Morgan fingerprint density at radius 1 is 1.24 bits per heavy atom. The normalized spacial score (nSPS) is 12.0. The van der Waals surface area contributed by atoms with Crippen molar-refractivity contribution < 1.29 is 4.74 Å². The SMILES string of the molecule is CCNc1nc(NC(C)c2ccc(Cl)s2)nc(OCC)n1. The van der Waals surface area contributed by atoms with Gasteiger partial charge in [0.2, 0.25) is 11.9 Å². The Morgan fingerprint density at radius 3 is 2.62 bits per heavy atom. The summed E-state index contributed by atoms with van der Waals surface area (Å²) < 4.78 is 6.13. The molecule has 0 radical (unpaired) electrons. The number of thiophene rings is 1. The van der Waals surface area contributed by atoms with E-state index in [9.17, 15) is 0 Å². The second-order valence-corrected chi connectivity index (χ2v) is 5.98. The van der Waals surface area contributed by atoms with Crippen LogP contribution in [0.15, 0.2) is 12.1 Å². The summed E-state index contributed by atoms with van der Waals surface area (Å²) in [6, 6.07) is 4.22. The van der Waals surface area contributed by atoms with Crippen molar-refractivity contribution in [2.45, 2.75) is 26.8 Å². The van der Waals surface area contributed by atoms with Crippen molar-refractivity contribution >= 4 is 34.8 Å². The van der Waals surface area contributed by atoms with Gasteiger partial charge in [0.25, 0.3) is 0 Å². The van der Waals surface area contributed by atoms with Crippen molar-refractivity contribution in [1.82, 2.24) is 15.0 Å². The first kappa shape index (κ1) is 15.8. The Bertz CT molecular complexity index is 567. The second-order valence-electron chi connectivity index (χ2n) is 4.24. The van der Waals surface area contributed by atoms with Crippen LogP contribution >= 0.6 is 22.9 Å². The molecular formula is C13H18ClN5OS. The molecule has 0 aliphatic heterocycles. The van der Waals surface area contributed by atoms with Gasteiger partial charge in [0.1, 0.15) is 0 Å². The van der Waals surface area contributed by atoms with Crippen LogP contribution in [0.1, 0.15) is 31.7 Å². The maximum absolute atomic E-state index is 5.96. The second kappa shape index (κ2) is 7.42. The van der Waals surface area contributed by atoms with Crippen molar-refractivity contribution in [2.24, 2.45) is 0 Å². The average Bonchev–Trinajstić information content (AvgIpc) is 2.86. The monoisotopic (exact) mass is 327 g/mol. The van der Waals surface area contributed by atoms with Crippen LogP contribution in [0.3, 0.4) is 0 Å². The smallest absolute Gasteiger partial charge is 0.323 e. The van der Waals surface area contributed by atoms with Crippen LogP contribution in [-0.4, -0.2) is 28.1 Å². The number of nitrogens with one attached hydrogen (secondary N) is 2. The number of hydrogen-bond donors (Lipinski definition) is 2. The summed E-state index contributed by atoms with van der Waals surface area (Å²) in [7, 11) is 0. The van der Waals surface area contributed by atoms with E-state index in [1.807, 2.05) is 32.9 Å². The van der Waals surface area contributed by atoms with E-state index in [0.29, 0.717) is 24.5 Å². The molecule has 0 aromatic carbocycles. The fourth-order valence-electron chi connectivity index (χ4n) is 1.68. The molecule has 2 N–H and O–H groups in total. The van der Waals surface area contributed by atoms with Gasteiger partial charge in [-0.05, 0) is 32.9 Å². The highest BCUT2D eigenvalue weighted by atomic mass is 35.5. The van der Waals surface area contributed by atoms with Gasteiger partial charge >= 0.3 is 6.01 Å². The van der Waals surface area contributed by atoms with Crippen molar-refractivity contribution in [2.75, 3.05) is 23.8 Å². The predicted octanol–water partition coefficient (Wildman–Crippen LogP) is 3.59. The van der Waals surface area contributed by atoms with E-state index in [1.165, 1.54) is 11.3 Å². The lowest BCUT2D eigenvalue weighted by Gasteiger charge is -2.13. The van der Waals surface area contributed by atoms with Crippen molar-refractivity contribution in [1.29, 1.82) is 0 Å². The Morgan fingerprint density at radius 2 is 2.00 bits per heavy atom. The molecule has 21 heavy (non-hydrogen) atoms. The van der Waals surface area contributed by atoms with E-state index in [1.54, 1.807) is 0 Å². The quantitative estimate of drug-likeness (QED) is 0.809. The van der Waals surface area contributed by atoms with Crippen molar-refractivity contribution in [3.8, 4) is 6.01 Å². The summed E-state index contributed by atoms with van der Waals surface area (Å²) in [5.74, 6) is 0.969. The molecule has 6 nitrogen and oxygen atoms in total. The zero-order valence-corrected chi connectivity index (χ0v) is 13.8. The number of rotatable bonds is 7. The maximum atomic E-state index is 5.96. The fraction of sp³-hybridized carbons (Fsp3) is 0.462. The van der Waals surface area contributed by atoms with Gasteiger partial charge in [0.15, 0.2) is 0 Å². The molecule has 2 heterocycles. The molecule has 114 valence electrons. The Kier molecular flexibility index (Phi) is 5.58. The third-order valence-corrected chi connectivity index (χ3v) is 4.00. The number of ether oxygens (including phenoxy) is 1. The number of nitrogens with zero attached hydrogens (tertiary/aromatic N) is 3. The Balaban J connectivity index is 2.17. The predicted molar refractivity (Wildman–Crippen MR) is 86.5 cm³/mol. The third-order valence-electron chi connectivity index (χ3n) is 2.59. The topological polar surface area (TPSA) is 72.0 Å². The summed E-state index contributed by atoms with van der Waals surface area (Å²) in [5, 5.41) is 6.30. The van der Waals surface area contributed by atoms with Crippen LogP contribution in [0.5, 0.6) is 6.01 Å². The van der Waals surface area contributed by atoms with Gasteiger partial charge in [-0.2, -0.15) is 15.0 Å². The van der Waals surface area contributed by atoms with Crippen LogP contribution in [0.25, 0.3) is 0 Å². The Labute approximate surface area is 132 Å². The minimum absolute atomic E-state index is 0.0499. The molecule has 2 aromatic heterocycles. The Hall–Kier alpha value is -1.60. The minimum atomic E-state index is 0.0499. The summed E-state index contributed by atoms with van der Waals surface area (Å²) in [5.41, 5.74) is 0. The molecule has 1 atom stereocenters. The summed E-state index contributed by atoms with van der Waals surface area (Å²) in [6.07, 6.45) is 0. The molecule has 0 aliphatic carbocycles. The van der Waals surface area contributed by atoms with Crippen molar-refractivity contribution in [3.63, 3.8) is 0 Å². The number of anilines is 2. The van der Waals surface area contributed by atoms with Gasteiger partial charge in [-0.3, -0.25) is 0 Å². The third kappa shape index (κ3) is 4.44. The summed E-state index contributed by atoms with van der Waals surface area (Å²) in [6.45, 7) is 7.13. The summed E-state index contributed by atoms with van der Waals surface area (Å²) in [4.78, 5) is 13.9. The molecule has 0 amide bonds. The molecular weight excluding hydrogens is 310 g/mol. The largest absolute Gasteiger partial charge is 0.464 e. The first-order valence-corrected chi connectivity index (χ1v) is 7.96. The van der Waals surface area contributed by atoms with Gasteiger partial charge in [0, 0.05) is 11.4 Å². The fourth-order valence-corrected chi connectivity index (χ4v) is 2.74. The maximum Gasteiger partial charge on any atom is 0.323 e. The first-order chi connectivity index (χ1) is 10.1. The van der Waals surface area contributed by atoms with Gasteiger partial charge in [0.05, 0.1) is 17.0 Å². The van der Waals surface area contributed by atoms with Crippen LogP contribution in [0, 0.1) is 0 Å². The van der Waals surface area contributed by atoms with Gasteiger partial charge in [-0.1, -0.05) is 11.6 Å². The van der Waals surface area contributed by atoms with E-state index in [0.717, 1.165) is 15.8 Å². The minimum Gasteiger partial charge on any atom is -0.464 e. The summed E-state index contributed by atoms with van der Waals surface area (Å²) >= 11 is 7.49. The molecule has 2 aromatic rings. The van der Waals surface area contributed by atoms with Crippen LogP contribution in [0.4, 0.5) is 11.9 Å². The lowest BCUT2D eigenvalue weighted by atomic mass is 10.3. The van der Waals surface area contributed by atoms with Crippen LogP contribution < -0.4 is 15.4 Å². The standard InChI is InChI=1S/C13H18ClN5OS/c1-4-15-11-17-12(19-13(18-11)20-5-2)16-8(3)9-6-7-10(14)21-9/h6-8H,4-5H2,1-3H3,(H2,15,16,17,18,19). The highest BCUT2D eigenvalue weighted by Gasteiger charge is 2.12. The molecule has 8 heteroatoms. The highest BCUT2D eigenvalue weighted by molar-refractivity contribution is 7.16. The molecule has 2 rings (SSSR count). The molecule has 0 spiro atoms. The molecule has 0 bridgehead atoms. The number of halogens is 1. The van der Waals surface area contributed by atoms with E-state index in [4.69, 9.17) is 16.3 Å². The van der Waals surface area contributed by atoms with E-state index >= 15 is 0 Å². The number of aromatic nitrogens is 3. The molecule has 0 fully saturated rings. The molecule has 0 saturated heterocycles. The molecule has 0 aliphatic rings. The van der Waals surface area contributed by atoms with Crippen LogP contribution in [-0.2, 0) is 0 Å². The van der Waals surface area contributed by atoms with E-state index in [2.05, 4.69) is 25.6 Å².